The molecule has 0 amide bonds. The highest BCUT2D eigenvalue weighted by atomic mass is 32.2. The van der Waals surface area contributed by atoms with Crippen LogP contribution < -0.4 is 5.32 Å². The van der Waals surface area contributed by atoms with E-state index >= 15 is 0 Å². The molecule has 0 saturated carbocycles. The minimum Gasteiger partial charge on any atom is -0.315 e. The van der Waals surface area contributed by atoms with Crippen molar-refractivity contribution in [2.24, 2.45) is 0 Å². The molecule has 0 heterocycles. The molecule has 12 heavy (non-hydrogen) atoms. The Hall–Kier alpha value is 0.460. The van der Waals surface area contributed by atoms with Crippen LogP contribution in [0, 0.1) is 0 Å². The van der Waals surface area contributed by atoms with Gasteiger partial charge in [0.1, 0.15) is 0 Å². The summed E-state index contributed by atoms with van der Waals surface area (Å²) in [5.41, 5.74) is 0. The summed E-state index contributed by atoms with van der Waals surface area (Å²) in [5.74, 6) is 3.93. The molecule has 1 unspecified atom stereocenters. The lowest BCUT2D eigenvalue weighted by molar-refractivity contribution is 0.678. The van der Waals surface area contributed by atoms with Gasteiger partial charge in [0.05, 0.1) is 0 Å². The summed E-state index contributed by atoms with van der Waals surface area (Å²) in [5, 5.41) is 3.27. The molecule has 0 fully saturated rings. The molecule has 0 spiro atoms. The number of nitrogens with one attached hydrogen (secondary N) is 1. The second-order valence-electron chi connectivity index (χ2n) is 2.38. The van der Waals surface area contributed by atoms with Crippen molar-refractivity contribution in [1.82, 2.24) is 5.32 Å². The topological polar surface area (TPSA) is 29.1 Å². The average molecular weight is 209 g/mol. The van der Waals surface area contributed by atoms with E-state index in [1.54, 1.807) is 0 Å². The third kappa shape index (κ3) is 8.56. The summed E-state index contributed by atoms with van der Waals surface area (Å²) in [6, 6.07) is 0. The van der Waals surface area contributed by atoms with Gasteiger partial charge in [0.25, 0.3) is 0 Å². The zero-order chi connectivity index (χ0) is 9.23. The third-order valence-corrected chi connectivity index (χ3v) is 3.66. The molecule has 74 valence electrons. The van der Waals surface area contributed by atoms with E-state index in [-0.39, 0.29) is 0 Å². The standard InChI is InChI=1S/C8H19NOS2/c1-3-11-7-5-9-6-8-12(10)4-2/h9H,3-8H2,1-2H3. The molecule has 1 N–H and O–H groups in total. The summed E-state index contributed by atoms with van der Waals surface area (Å²) in [4.78, 5) is 0. The van der Waals surface area contributed by atoms with Gasteiger partial charge in [0.2, 0.25) is 0 Å². The summed E-state index contributed by atoms with van der Waals surface area (Å²) in [6.07, 6.45) is 0. The maximum atomic E-state index is 11.0. The summed E-state index contributed by atoms with van der Waals surface area (Å²) < 4.78 is 11.0. The fraction of sp³-hybridized carbons (Fsp3) is 1.00. The summed E-state index contributed by atoms with van der Waals surface area (Å²) in [6.45, 7) is 6.06. The molecule has 0 radical (unpaired) electrons. The molecule has 0 aliphatic carbocycles. The second kappa shape index (κ2) is 9.55. The highest BCUT2D eigenvalue weighted by molar-refractivity contribution is 7.99. The number of rotatable bonds is 8. The lowest BCUT2D eigenvalue weighted by Crippen LogP contribution is -2.23. The molecule has 0 aromatic rings. The predicted octanol–water partition coefficient (Wildman–Crippen LogP) is 1.10. The van der Waals surface area contributed by atoms with E-state index in [0.717, 1.165) is 30.3 Å². The lowest BCUT2D eigenvalue weighted by atomic mass is 10.7. The first-order valence-electron chi connectivity index (χ1n) is 4.44. The van der Waals surface area contributed by atoms with Gasteiger partial charge in [0.15, 0.2) is 0 Å². The first-order valence-corrected chi connectivity index (χ1v) is 7.09. The van der Waals surface area contributed by atoms with Crippen LogP contribution in [0.4, 0.5) is 0 Å². The van der Waals surface area contributed by atoms with Crippen molar-refractivity contribution < 1.29 is 4.21 Å². The minimum atomic E-state index is -0.603. The van der Waals surface area contributed by atoms with Gasteiger partial charge >= 0.3 is 0 Å². The first-order chi connectivity index (χ1) is 5.81. The molecular formula is C8H19NOS2. The van der Waals surface area contributed by atoms with Gasteiger partial charge in [-0.25, -0.2) is 0 Å². The first kappa shape index (κ1) is 12.5. The van der Waals surface area contributed by atoms with Gasteiger partial charge in [-0.05, 0) is 5.75 Å². The fourth-order valence-electron chi connectivity index (χ4n) is 0.744. The van der Waals surface area contributed by atoms with Gasteiger partial charge in [0, 0.05) is 41.1 Å². The predicted molar refractivity (Wildman–Crippen MR) is 59.4 cm³/mol. The summed E-state index contributed by atoms with van der Waals surface area (Å²) >= 11 is 1.93. The van der Waals surface area contributed by atoms with Crippen LogP contribution in [-0.4, -0.2) is 40.3 Å². The molecule has 0 bridgehead atoms. The Morgan fingerprint density at radius 2 is 2.08 bits per heavy atom. The van der Waals surface area contributed by atoms with E-state index in [1.165, 1.54) is 5.75 Å². The quantitative estimate of drug-likeness (QED) is 0.607. The SMILES string of the molecule is CCSCCNCCS(=O)CC. The molecule has 0 aromatic heterocycles. The Bertz CT molecular complexity index is 120. The van der Waals surface area contributed by atoms with Crippen LogP contribution in [0.2, 0.25) is 0 Å². The highest BCUT2D eigenvalue weighted by Crippen LogP contribution is 1.94. The molecule has 0 aliphatic rings. The van der Waals surface area contributed by atoms with E-state index < -0.39 is 10.8 Å². The van der Waals surface area contributed by atoms with Crippen LogP contribution >= 0.6 is 11.8 Å². The lowest BCUT2D eigenvalue weighted by Gasteiger charge is -2.02. The Labute approximate surface area is 82.3 Å². The highest BCUT2D eigenvalue weighted by Gasteiger charge is 1.93. The zero-order valence-corrected chi connectivity index (χ0v) is 9.60. The second-order valence-corrected chi connectivity index (χ2v) is 5.64. The monoisotopic (exact) mass is 209 g/mol. The molecule has 4 heteroatoms. The average Bonchev–Trinajstić information content (AvgIpc) is 2.10. The molecular weight excluding hydrogens is 190 g/mol. The van der Waals surface area contributed by atoms with Crippen LogP contribution in [0.15, 0.2) is 0 Å². The van der Waals surface area contributed by atoms with Crippen LogP contribution in [0.5, 0.6) is 0 Å². The van der Waals surface area contributed by atoms with Crippen LogP contribution in [0.3, 0.4) is 0 Å². The van der Waals surface area contributed by atoms with Gasteiger partial charge < -0.3 is 5.32 Å². The van der Waals surface area contributed by atoms with Gasteiger partial charge in [-0.1, -0.05) is 13.8 Å². The third-order valence-electron chi connectivity index (χ3n) is 1.46. The van der Waals surface area contributed by atoms with E-state index in [4.69, 9.17) is 0 Å². The number of thioether (sulfide) groups is 1. The van der Waals surface area contributed by atoms with Crippen LogP contribution in [-0.2, 0) is 10.8 Å². The Kier molecular flexibility index (Phi) is 9.91. The van der Waals surface area contributed by atoms with Crippen molar-refractivity contribution in [3.05, 3.63) is 0 Å². The molecule has 0 saturated heterocycles. The Morgan fingerprint density at radius 1 is 1.33 bits per heavy atom. The van der Waals surface area contributed by atoms with Gasteiger partial charge in [-0.3, -0.25) is 4.21 Å². The van der Waals surface area contributed by atoms with Crippen molar-refractivity contribution >= 4 is 22.6 Å². The Balaban J connectivity index is 2.95. The van der Waals surface area contributed by atoms with E-state index in [0.29, 0.717) is 0 Å². The van der Waals surface area contributed by atoms with Gasteiger partial charge in [-0.15, -0.1) is 0 Å². The molecule has 0 rings (SSSR count). The normalized spacial score (nSPS) is 13.2. The number of hydrogen-bond donors (Lipinski definition) is 1. The van der Waals surface area contributed by atoms with Crippen molar-refractivity contribution in [2.75, 3.05) is 36.1 Å². The van der Waals surface area contributed by atoms with Crippen LogP contribution in [0.25, 0.3) is 0 Å². The van der Waals surface area contributed by atoms with Gasteiger partial charge in [-0.2, -0.15) is 11.8 Å². The van der Waals surface area contributed by atoms with Crippen molar-refractivity contribution in [3.63, 3.8) is 0 Å². The summed E-state index contributed by atoms with van der Waals surface area (Å²) in [7, 11) is -0.603. The molecule has 0 aromatic carbocycles. The molecule has 0 aliphatic heterocycles. The van der Waals surface area contributed by atoms with E-state index in [9.17, 15) is 4.21 Å². The van der Waals surface area contributed by atoms with Crippen molar-refractivity contribution in [3.8, 4) is 0 Å². The Morgan fingerprint density at radius 3 is 2.67 bits per heavy atom. The van der Waals surface area contributed by atoms with E-state index in [2.05, 4.69) is 12.2 Å². The fourth-order valence-corrected chi connectivity index (χ4v) is 1.98. The molecule has 2 nitrogen and oxygen atoms in total. The maximum absolute atomic E-state index is 11.0. The van der Waals surface area contributed by atoms with E-state index in [1.807, 2.05) is 18.7 Å². The van der Waals surface area contributed by atoms with Crippen molar-refractivity contribution in [2.45, 2.75) is 13.8 Å². The van der Waals surface area contributed by atoms with Crippen LogP contribution in [0.1, 0.15) is 13.8 Å². The smallest absolute Gasteiger partial charge is 0.0359 e. The minimum absolute atomic E-state index is 0.603. The maximum Gasteiger partial charge on any atom is 0.0359 e. The van der Waals surface area contributed by atoms with Crippen molar-refractivity contribution in [1.29, 1.82) is 0 Å². The largest absolute Gasteiger partial charge is 0.315 e. The molecule has 1 atom stereocenters. The zero-order valence-electron chi connectivity index (χ0n) is 7.97. The number of hydrogen-bond acceptors (Lipinski definition) is 3.